The molecule has 118 valence electrons. The summed E-state index contributed by atoms with van der Waals surface area (Å²) in [5.41, 5.74) is 2.66. The molecule has 0 amide bonds. The number of guanidine groups is 1. The maximum atomic E-state index is 5.53. The van der Waals surface area contributed by atoms with Crippen LogP contribution < -0.4 is 16.6 Å². The number of thioether (sulfide) groups is 1. The average Bonchev–Trinajstić information content (AvgIpc) is 2.51. The van der Waals surface area contributed by atoms with E-state index < -0.39 is 0 Å². The maximum Gasteiger partial charge on any atom is 0.205 e. The quantitative estimate of drug-likeness (QED) is 0.210. The topological polar surface area (TPSA) is 71.7 Å². The van der Waals surface area contributed by atoms with Crippen molar-refractivity contribution in [2.45, 2.75) is 50.2 Å². The first-order chi connectivity index (χ1) is 9.76. The lowest BCUT2D eigenvalue weighted by molar-refractivity contribution is 0.145. The highest BCUT2D eigenvalue weighted by Crippen LogP contribution is 2.38. The van der Waals surface area contributed by atoms with Gasteiger partial charge in [-0.15, -0.1) is 0 Å². The molecule has 6 heteroatoms. The Balaban J connectivity index is 2.35. The number of nitrogens with one attached hydrogen (secondary N) is 2. The highest BCUT2D eigenvalue weighted by atomic mass is 32.2. The Labute approximate surface area is 127 Å². The minimum absolute atomic E-state index is 0.313. The zero-order chi connectivity index (χ0) is 14.7. The van der Waals surface area contributed by atoms with Gasteiger partial charge in [-0.05, 0) is 32.4 Å². The lowest BCUT2D eigenvalue weighted by Gasteiger charge is -2.34. The summed E-state index contributed by atoms with van der Waals surface area (Å²) >= 11 is 1.96. The molecule has 1 saturated carbocycles. The molecule has 1 rings (SSSR count). The molecule has 0 saturated heterocycles. The molecule has 0 unspecified atom stereocenters. The second-order valence-corrected chi connectivity index (χ2v) is 6.51. The summed E-state index contributed by atoms with van der Waals surface area (Å²) in [4.78, 5) is 4.63. The van der Waals surface area contributed by atoms with Gasteiger partial charge in [0.15, 0.2) is 0 Å². The molecule has 1 aliphatic rings. The predicted molar refractivity (Wildman–Crippen MR) is 88.1 cm³/mol. The standard InChI is InChI=1S/C14H30N4OS/c1-3-19-11-7-10-16-13(18-15)17-12-14(20-2)8-5-4-6-9-14/h3-12,15H2,1-2H3,(H2,16,17,18). The fourth-order valence-electron chi connectivity index (χ4n) is 2.52. The number of ether oxygens (including phenoxy) is 1. The number of hydrazine groups is 1. The third-order valence-electron chi connectivity index (χ3n) is 3.82. The maximum absolute atomic E-state index is 5.53. The van der Waals surface area contributed by atoms with Crippen LogP contribution in [0.5, 0.6) is 0 Å². The van der Waals surface area contributed by atoms with Crippen molar-refractivity contribution >= 4 is 17.7 Å². The smallest absolute Gasteiger partial charge is 0.205 e. The van der Waals surface area contributed by atoms with Gasteiger partial charge in [-0.1, -0.05) is 19.3 Å². The first-order valence-corrected chi connectivity index (χ1v) is 8.86. The number of hydrogen-bond donors (Lipinski definition) is 3. The monoisotopic (exact) mass is 302 g/mol. The highest BCUT2D eigenvalue weighted by Gasteiger charge is 2.30. The van der Waals surface area contributed by atoms with Crippen LogP contribution in [0.2, 0.25) is 0 Å². The van der Waals surface area contributed by atoms with Gasteiger partial charge in [-0.3, -0.25) is 10.4 Å². The van der Waals surface area contributed by atoms with Crippen LogP contribution >= 0.6 is 11.8 Å². The van der Waals surface area contributed by atoms with Crippen molar-refractivity contribution in [1.29, 1.82) is 0 Å². The van der Waals surface area contributed by atoms with Crippen LogP contribution in [0.3, 0.4) is 0 Å². The summed E-state index contributed by atoms with van der Waals surface area (Å²) in [6.07, 6.45) is 9.70. The molecule has 1 aliphatic carbocycles. The van der Waals surface area contributed by atoms with Crippen molar-refractivity contribution in [1.82, 2.24) is 10.7 Å². The van der Waals surface area contributed by atoms with Gasteiger partial charge in [-0.25, -0.2) is 5.84 Å². The van der Waals surface area contributed by atoms with Gasteiger partial charge in [0.05, 0.1) is 6.54 Å². The van der Waals surface area contributed by atoms with Crippen molar-refractivity contribution in [2.24, 2.45) is 10.8 Å². The number of aliphatic imine (C=N–C) groups is 1. The molecule has 0 spiro atoms. The Morgan fingerprint density at radius 2 is 2.10 bits per heavy atom. The van der Waals surface area contributed by atoms with E-state index in [4.69, 9.17) is 10.6 Å². The third kappa shape index (κ3) is 6.33. The van der Waals surface area contributed by atoms with Crippen molar-refractivity contribution < 1.29 is 4.74 Å². The number of hydrogen-bond acceptors (Lipinski definition) is 4. The molecular formula is C14H30N4OS. The summed E-state index contributed by atoms with van der Waals surface area (Å²) in [6.45, 7) is 5.22. The molecule has 1 fully saturated rings. The molecule has 0 atom stereocenters. The lowest BCUT2D eigenvalue weighted by atomic mass is 9.88. The van der Waals surface area contributed by atoms with Crippen LogP contribution in [-0.4, -0.2) is 43.3 Å². The summed E-state index contributed by atoms with van der Waals surface area (Å²) in [7, 11) is 0. The zero-order valence-corrected chi connectivity index (χ0v) is 13.7. The van der Waals surface area contributed by atoms with Gasteiger partial charge >= 0.3 is 0 Å². The van der Waals surface area contributed by atoms with Crippen LogP contribution in [0.15, 0.2) is 4.99 Å². The second-order valence-electron chi connectivity index (χ2n) is 5.23. The fourth-order valence-corrected chi connectivity index (χ4v) is 3.41. The Kier molecular flexibility index (Phi) is 9.05. The molecule has 0 aromatic rings. The molecule has 5 nitrogen and oxygen atoms in total. The molecule has 0 heterocycles. The van der Waals surface area contributed by atoms with Crippen LogP contribution in [0, 0.1) is 0 Å². The number of rotatable bonds is 8. The van der Waals surface area contributed by atoms with Gasteiger partial charge < -0.3 is 10.1 Å². The molecule has 0 bridgehead atoms. The van der Waals surface area contributed by atoms with E-state index >= 15 is 0 Å². The summed E-state index contributed by atoms with van der Waals surface area (Å²) in [5, 5.41) is 3.23. The molecule has 20 heavy (non-hydrogen) atoms. The van der Waals surface area contributed by atoms with E-state index in [0.29, 0.717) is 10.7 Å². The van der Waals surface area contributed by atoms with Gasteiger partial charge in [-0.2, -0.15) is 11.8 Å². The fraction of sp³-hybridized carbons (Fsp3) is 0.929. The van der Waals surface area contributed by atoms with Crippen LogP contribution in [0.1, 0.15) is 45.4 Å². The second kappa shape index (κ2) is 10.3. The largest absolute Gasteiger partial charge is 0.382 e. The SMILES string of the molecule is CCOCCCNC(=NCC1(SC)CCCCC1)NN. The van der Waals surface area contributed by atoms with Crippen molar-refractivity contribution in [3.05, 3.63) is 0 Å². The molecule has 4 N–H and O–H groups in total. The molecule has 0 aromatic carbocycles. The average molecular weight is 302 g/mol. The van der Waals surface area contributed by atoms with Gasteiger partial charge in [0.25, 0.3) is 0 Å². The molecule has 0 aromatic heterocycles. The van der Waals surface area contributed by atoms with E-state index in [9.17, 15) is 0 Å². The minimum Gasteiger partial charge on any atom is -0.382 e. The van der Waals surface area contributed by atoms with Crippen LogP contribution in [-0.2, 0) is 4.74 Å². The lowest BCUT2D eigenvalue weighted by Crippen LogP contribution is -2.43. The summed E-state index contributed by atoms with van der Waals surface area (Å²) in [5.74, 6) is 6.23. The molecule has 0 aliphatic heterocycles. The normalized spacial score (nSPS) is 18.9. The Bertz CT molecular complexity index is 280. The van der Waals surface area contributed by atoms with Crippen LogP contribution in [0.25, 0.3) is 0 Å². The predicted octanol–water partition coefficient (Wildman–Crippen LogP) is 1.89. The Morgan fingerprint density at radius 3 is 2.70 bits per heavy atom. The van der Waals surface area contributed by atoms with Gasteiger partial charge in [0, 0.05) is 24.5 Å². The van der Waals surface area contributed by atoms with Gasteiger partial charge in [0.1, 0.15) is 0 Å². The van der Waals surface area contributed by atoms with E-state index in [1.165, 1.54) is 32.1 Å². The summed E-state index contributed by atoms with van der Waals surface area (Å²) < 4.78 is 5.62. The highest BCUT2D eigenvalue weighted by molar-refractivity contribution is 8.00. The van der Waals surface area contributed by atoms with Crippen LogP contribution in [0.4, 0.5) is 0 Å². The van der Waals surface area contributed by atoms with Crippen molar-refractivity contribution in [2.75, 3.05) is 32.6 Å². The number of nitrogens with two attached hydrogens (primary N) is 1. The van der Waals surface area contributed by atoms with E-state index in [1.807, 2.05) is 18.7 Å². The molecular weight excluding hydrogens is 272 g/mol. The van der Waals surface area contributed by atoms with E-state index in [2.05, 4.69) is 22.0 Å². The van der Waals surface area contributed by atoms with E-state index in [0.717, 1.165) is 32.7 Å². The Morgan fingerprint density at radius 1 is 1.35 bits per heavy atom. The zero-order valence-electron chi connectivity index (χ0n) is 12.9. The van der Waals surface area contributed by atoms with Crippen molar-refractivity contribution in [3.8, 4) is 0 Å². The first kappa shape index (κ1) is 17.6. The first-order valence-electron chi connectivity index (χ1n) is 7.64. The Hall–Kier alpha value is -0.460. The van der Waals surface area contributed by atoms with Crippen molar-refractivity contribution in [3.63, 3.8) is 0 Å². The number of nitrogens with zero attached hydrogens (tertiary/aromatic N) is 1. The molecule has 0 radical (unpaired) electrons. The third-order valence-corrected chi connectivity index (χ3v) is 5.23. The van der Waals surface area contributed by atoms with E-state index in [-0.39, 0.29) is 0 Å². The summed E-state index contributed by atoms with van der Waals surface area (Å²) in [6, 6.07) is 0. The minimum atomic E-state index is 0.313. The van der Waals surface area contributed by atoms with Gasteiger partial charge in [0.2, 0.25) is 5.96 Å². The van der Waals surface area contributed by atoms with E-state index in [1.54, 1.807) is 0 Å².